The first kappa shape index (κ1) is 13.5. The molecule has 1 amide bonds. The van der Waals surface area contributed by atoms with Crippen molar-refractivity contribution in [2.75, 3.05) is 6.54 Å². The Bertz CT molecular complexity index is 715. The van der Waals surface area contributed by atoms with Crippen LogP contribution >= 0.6 is 0 Å². The van der Waals surface area contributed by atoms with E-state index in [1.807, 2.05) is 0 Å². The van der Waals surface area contributed by atoms with Gasteiger partial charge in [0.25, 0.3) is 11.5 Å². The molecule has 7 nitrogen and oxygen atoms in total. The van der Waals surface area contributed by atoms with Crippen LogP contribution in [0.2, 0.25) is 0 Å². The van der Waals surface area contributed by atoms with Crippen molar-refractivity contribution in [1.82, 2.24) is 20.0 Å². The van der Waals surface area contributed by atoms with Gasteiger partial charge in [0.05, 0.1) is 6.33 Å². The van der Waals surface area contributed by atoms with Crippen LogP contribution in [0.3, 0.4) is 0 Å². The molecule has 2 aromatic heterocycles. The van der Waals surface area contributed by atoms with E-state index in [0.29, 0.717) is 24.6 Å². The molecule has 2 aromatic rings. The minimum absolute atomic E-state index is 0.100. The zero-order valence-corrected chi connectivity index (χ0v) is 11.7. The van der Waals surface area contributed by atoms with Gasteiger partial charge >= 0.3 is 0 Å². The number of carbonyl (C=O) groups excluding carboxylic acids is 1. The lowest BCUT2D eigenvalue weighted by molar-refractivity contribution is 0.0943. The van der Waals surface area contributed by atoms with Gasteiger partial charge in [0.2, 0.25) is 0 Å². The Morgan fingerprint density at radius 3 is 3.10 bits per heavy atom. The third-order valence-electron chi connectivity index (χ3n) is 3.45. The first-order chi connectivity index (χ1) is 10.1. The Balaban J connectivity index is 1.55. The third-order valence-corrected chi connectivity index (χ3v) is 3.45. The highest BCUT2D eigenvalue weighted by Crippen LogP contribution is 2.40. The van der Waals surface area contributed by atoms with Gasteiger partial charge in [-0.05, 0) is 19.8 Å². The SMILES string of the molecule is Cc1cncn(CCNC(=O)c2cc(C3CC3)on2)c1=O. The first-order valence-electron chi connectivity index (χ1n) is 6.91. The summed E-state index contributed by atoms with van der Waals surface area (Å²) in [7, 11) is 0. The number of nitrogens with zero attached hydrogens (tertiary/aromatic N) is 3. The van der Waals surface area contributed by atoms with Gasteiger partial charge in [0, 0.05) is 36.8 Å². The van der Waals surface area contributed by atoms with Gasteiger partial charge in [-0.15, -0.1) is 0 Å². The zero-order valence-electron chi connectivity index (χ0n) is 11.7. The van der Waals surface area contributed by atoms with Crippen molar-refractivity contribution >= 4 is 5.91 Å². The number of carbonyl (C=O) groups is 1. The largest absolute Gasteiger partial charge is 0.360 e. The molecule has 0 aliphatic heterocycles. The van der Waals surface area contributed by atoms with E-state index < -0.39 is 0 Å². The van der Waals surface area contributed by atoms with Crippen molar-refractivity contribution in [3.8, 4) is 0 Å². The molecular weight excluding hydrogens is 272 g/mol. The number of aromatic nitrogens is 3. The van der Waals surface area contributed by atoms with Crippen LogP contribution in [0.25, 0.3) is 0 Å². The number of rotatable bonds is 5. The number of nitrogens with one attached hydrogen (secondary N) is 1. The second kappa shape index (κ2) is 5.51. The van der Waals surface area contributed by atoms with Crippen LogP contribution in [-0.2, 0) is 6.54 Å². The summed E-state index contributed by atoms with van der Waals surface area (Å²) in [4.78, 5) is 27.6. The summed E-state index contributed by atoms with van der Waals surface area (Å²) in [6.07, 6.45) is 5.17. The summed E-state index contributed by atoms with van der Waals surface area (Å²) in [5.41, 5.74) is 0.762. The second-order valence-electron chi connectivity index (χ2n) is 5.22. The van der Waals surface area contributed by atoms with Crippen LogP contribution in [0.4, 0.5) is 0 Å². The maximum Gasteiger partial charge on any atom is 0.273 e. The van der Waals surface area contributed by atoms with Gasteiger partial charge < -0.3 is 9.84 Å². The molecule has 1 N–H and O–H groups in total. The third kappa shape index (κ3) is 3.01. The Kier molecular flexibility index (Phi) is 3.55. The van der Waals surface area contributed by atoms with Gasteiger partial charge in [-0.25, -0.2) is 4.98 Å². The maximum atomic E-state index is 11.9. The minimum atomic E-state index is -0.292. The summed E-state index contributed by atoms with van der Waals surface area (Å²) in [5, 5.41) is 6.48. The topological polar surface area (TPSA) is 90.0 Å². The van der Waals surface area contributed by atoms with Crippen molar-refractivity contribution in [3.05, 3.63) is 46.0 Å². The average molecular weight is 288 g/mol. The maximum absolute atomic E-state index is 11.9. The first-order valence-corrected chi connectivity index (χ1v) is 6.91. The molecule has 0 spiro atoms. The Hall–Kier alpha value is -2.44. The predicted octanol–water partition coefficient (Wildman–Crippen LogP) is 0.847. The zero-order chi connectivity index (χ0) is 14.8. The number of hydrogen-bond acceptors (Lipinski definition) is 5. The molecule has 2 heterocycles. The van der Waals surface area contributed by atoms with E-state index in [1.165, 1.54) is 17.1 Å². The summed E-state index contributed by atoms with van der Waals surface area (Å²) in [6.45, 7) is 2.40. The molecule has 0 unspecified atom stereocenters. The molecule has 1 aliphatic rings. The van der Waals surface area contributed by atoms with Crippen LogP contribution in [0, 0.1) is 6.92 Å². The van der Waals surface area contributed by atoms with E-state index in [9.17, 15) is 9.59 Å². The van der Waals surface area contributed by atoms with Gasteiger partial charge in [-0.1, -0.05) is 5.16 Å². The van der Waals surface area contributed by atoms with E-state index in [2.05, 4.69) is 15.5 Å². The van der Waals surface area contributed by atoms with Crippen molar-refractivity contribution < 1.29 is 9.32 Å². The monoisotopic (exact) mass is 288 g/mol. The lowest BCUT2D eigenvalue weighted by Gasteiger charge is -2.06. The molecule has 3 rings (SSSR count). The molecular formula is C14H16N4O3. The Morgan fingerprint density at radius 2 is 2.33 bits per heavy atom. The molecule has 21 heavy (non-hydrogen) atoms. The molecule has 1 saturated carbocycles. The highest BCUT2D eigenvalue weighted by atomic mass is 16.5. The second-order valence-corrected chi connectivity index (χ2v) is 5.22. The van der Waals surface area contributed by atoms with Crippen LogP contribution < -0.4 is 10.9 Å². The Labute approximate surface area is 121 Å². The van der Waals surface area contributed by atoms with Crippen LogP contribution in [0.15, 0.2) is 27.9 Å². The number of hydrogen-bond donors (Lipinski definition) is 1. The lowest BCUT2D eigenvalue weighted by Crippen LogP contribution is -2.31. The van der Waals surface area contributed by atoms with Crippen molar-refractivity contribution in [1.29, 1.82) is 0 Å². The summed E-state index contributed by atoms with van der Waals surface area (Å²) >= 11 is 0. The average Bonchev–Trinajstić information content (AvgIpc) is 3.21. The molecule has 7 heteroatoms. The molecule has 0 radical (unpaired) electrons. The van der Waals surface area contributed by atoms with Crippen molar-refractivity contribution in [3.63, 3.8) is 0 Å². The summed E-state index contributed by atoms with van der Waals surface area (Å²) in [6, 6.07) is 1.69. The van der Waals surface area contributed by atoms with Crippen molar-refractivity contribution in [2.24, 2.45) is 0 Å². The summed E-state index contributed by atoms with van der Waals surface area (Å²) < 4.78 is 6.60. The van der Waals surface area contributed by atoms with E-state index in [0.717, 1.165) is 18.6 Å². The molecule has 0 bridgehead atoms. The highest BCUT2D eigenvalue weighted by molar-refractivity contribution is 5.92. The van der Waals surface area contributed by atoms with E-state index >= 15 is 0 Å². The smallest absolute Gasteiger partial charge is 0.273 e. The minimum Gasteiger partial charge on any atom is -0.360 e. The van der Waals surface area contributed by atoms with Gasteiger partial charge in [0.15, 0.2) is 5.69 Å². The lowest BCUT2D eigenvalue weighted by atomic mass is 10.3. The van der Waals surface area contributed by atoms with Gasteiger partial charge in [0.1, 0.15) is 5.76 Å². The molecule has 1 aliphatic carbocycles. The van der Waals surface area contributed by atoms with Gasteiger partial charge in [-0.2, -0.15) is 0 Å². The molecule has 0 aromatic carbocycles. The predicted molar refractivity (Wildman–Crippen MR) is 74.0 cm³/mol. The fourth-order valence-electron chi connectivity index (χ4n) is 2.06. The molecule has 110 valence electrons. The molecule has 0 atom stereocenters. The van der Waals surface area contributed by atoms with Crippen LogP contribution in [-0.4, -0.2) is 27.2 Å². The summed E-state index contributed by atoms with van der Waals surface area (Å²) in [5.74, 6) is 0.912. The van der Waals surface area contributed by atoms with Crippen molar-refractivity contribution in [2.45, 2.75) is 32.2 Å². The molecule has 0 saturated heterocycles. The number of aryl methyl sites for hydroxylation is 1. The van der Waals surface area contributed by atoms with E-state index in [4.69, 9.17) is 4.52 Å². The normalized spacial score (nSPS) is 14.1. The Morgan fingerprint density at radius 1 is 1.52 bits per heavy atom. The van der Waals surface area contributed by atoms with Gasteiger partial charge in [-0.3, -0.25) is 14.2 Å². The van der Waals surface area contributed by atoms with E-state index in [1.54, 1.807) is 13.0 Å². The standard InChI is InChI=1S/C14H16N4O3/c1-9-7-15-8-18(14(9)20)5-4-16-13(19)11-6-12(21-17-11)10-2-3-10/h6-8,10H,2-5H2,1H3,(H,16,19). The van der Waals surface area contributed by atoms with E-state index in [-0.39, 0.29) is 17.2 Å². The highest BCUT2D eigenvalue weighted by Gasteiger charge is 2.28. The van der Waals surface area contributed by atoms with Crippen LogP contribution in [0.1, 0.15) is 40.6 Å². The fourth-order valence-corrected chi connectivity index (χ4v) is 2.06. The van der Waals surface area contributed by atoms with Crippen LogP contribution in [0.5, 0.6) is 0 Å². The fraction of sp³-hybridized carbons (Fsp3) is 0.429. The quantitative estimate of drug-likeness (QED) is 0.880. The molecule has 1 fully saturated rings. The number of amides is 1.